The van der Waals surface area contributed by atoms with Gasteiger partial charge in [-0.3, -0.25) is 11.7 Å². The number of hydrogen-bond donors (Lipinski definition) is 0. The second kappa shape index (κ2) is 24.5. The average Bonchev–Trinajstić information content (AvgIpc) is 2.61. The van der Waals surface area contributed by atoms with Crippen molar-refractivity contribution in [3.05, 3.63) is 26.0 Å². The van der Waals surface area contributed by atoms with E-state index >= 15 is 0 Å². The Labute approximate surface area is 209 Å². The van der Waals surface area contributed by atoms with E-state index in [1.165, 1.54) is 57.8 Å². The molecule has 0 saturated carbocycles. The molecule has 0 rings (SSSR count). The minimum absolute atomic E-state index is 0. The van der Waals surface area contributed by atoms with Crippen LogP contribution in [0.3, 0.4) is 0 Å². The summed E-state index contributed by atoms with van der Waals surface area (Å²) in [5.74, 6) is 3.08. The van der Waals surface area contributed by atoms with Gasteiger partial charge in [-0.1, -0.05) is 110 Å². The van der Waals surface area contributed by atoms with Gasteiger partial charge >= 0.3 is 0 Å². The van der Waals surface area contributed by atoms with Crippen LogP contribution in [0.25, 0.3) is 0 Å². The van der Waals surface area contributed by atoms with Crippen LogP contribution in [0.4, 0.5) is 0 Å². The molecule has 0 heterocycles. The Morgan fingerprint density at radius 2 is 1.24 bits per heavy atom. The van der Waals surface area contributed by atoms with Crippen molar-refractivity contribution in [1.82, 2.24) is 0 Å². The van der Waals surface area contributed by atoms with Gasteiger partial charge in [0.2, 0.25) is 0 Å². The largest absolute Gasteiger partial charge is 0.484 e. The molecular weight excluding hydrogens is 433 g/mol. The Kier molecular flexibility index (Phi) is 28.5. The third kappa shape index (κ3) is 30.5. The summed E-state index contributed by atoms with van der Waals surface area (Å²) in [4.78, 5) is 9.95. The van der Waals surface area contributed by atoms with Crippen LogP contribution >= 0.6 is 0 Å². The Hall–Kier alpha value is 0.184. The molecule has 0 aromatic carbocycles. The van der Waals surface area contributed by atoms with Crippen LogP contribution in [0, 0.1) is 37.5 Å². The molecule has 0 saturated heterocycles. The summed E-state index contributed by atoms with van der Waals surface area (Å²) in [5.41, 5.74) is 0. The third-order valence-corrected chi connectivity index (χ3v) is 5.34. The molecule has 0 bridgehead atoms. The molecule has 0 aliphatic heterocycles. The SMILES string of the molecule is [CH2-]C(=O)OC/C=C\C.[CH2-]CC(C)CCCC(C)CCCC(C)CCCC(C)C.[Y]. The smallest absolute Gasteiger partial charge is 0.164 e. The van der Waals surface area contributed by atoms with Crippen molar-refractivity contribution in [1.29, 1.82) is 0 Å². The third-order valence-electron chi connectivity index (χ3n) is 5.34. The molecule has 29 heavy (non-hydrogen) atoms. The number of hydrogen-bond acceptors (Lipinski definition) is 2. The van der Waals surface area contributed by atoms with Gasteiger partial charge in [-0.2, -0.15) is 6.42 Å². The first-order valence-electron chi connectivity index (χ1n) is 11.6. The first-order chi connectivity index (χ1) is 13.2. The Balaban J connectivity index is -0.000000636. The number of rotatable bonds is 15. The van der Waals surface area contributed by atoms with Crippen molar-refractivity contribution in [3.63, 3.8) is 0 Å². The van der Waals surface area contributed by atoms with E-state index in [-0.39, 0.29) is 32.7 Å². The van der Waals surface area contributed by atoms with Crippen LogP contribution in [0.1, 0.15) is 106 Å². The predicted octanol–water partition coefficient (Wildman–Crippen LogP) is 8.22. The molecular formula is C26H50O2Y-2. The van der Waals surface area contributed by atoms with E-state index < -0.39 is 5.97 Å². The summed E-state index contributed by atoms with van der Waals surface area (Å²) in [6, 6.07) is 0. The topological polar surface area (TPSA) is 26.3 Å². The van der Waals surface area contributed by atoms with Gasteiger partial charge in [0, 0.05) is 32.7 Å². The zero-order valence-electron chi connectivity index (χ0n) is 20.6. The normalized spacial score (nSPS) is 13.9. The van der Waals surface area contributed by atoms with Gasteiger partial charge in [-0.05, 0) is 24.7 Å². The summed E-state index contributed by atoms with van der Waals surface area (Å²) < 4.78 is 4.45. The molecule has 1 radical (unpaired) electrons. The van der Waals surface area contributed by atoms with Gasteiger partial charge in [0.15, 0.2) is 5.97 Å². The molecule has 2 nitrogen and oxygen atoms in total. The molecule has 0 spiro atoms. The van der Waals surface area contributed by atoms with Gasteiger partial charge in [0.25, 0.3) is 0 Å². The monoisotopic (exact) mass is 483 g/mol. The second-order valence-corrected chi connectivity index (χ2v) is 9.04. The molecule has 3 atom stereocenters. The van der Waals surface area contributed by atoms with Gasteiger partial charge in [-0.15, -0.1) is 0 Å². The van der Waals surface area contributed by atoms with Crippen LogP contribution < -0.4 is 0 Å². The maximum Gasteiger partial charge on any atom is 0.164 e. The molecule has 0 fully saturated rings. The molecule has 0 amide bonds. The zero-order valence-corrected chi connectivity index (χ0v) is 23.4. The van der Waals surface area contributed by atoms with E-state index in [1.54, 1.807) is 6.08 Å². The molecule has 0 aliphatic carbocycles. The molecule has 0 N–H and O–H groups in total. The number of allylic oxidation sites excluding steroid dienone is 1. The molecule has 0 aromatic rings. The maximum absolute atomic E-state index is 9.95. The average molecular weight is 484 g/mol. The van der Waals surface area contributed by atoms with E-state index in [2.05, 4.69) is 53.2 Å². The number of esters is 1. The minimum atomic E-state index is -0.483. The summed E-state index contributed by atoms with van der Waals surface area (Å²) in [7, 11) is 0. The quantitative estimate of drug-likeness (QED) is 0.133. The van der Waals surface area contributed by atoms with Crippen molar-refractivity contribution >= 4 is 5.97 Å². The first kappa shape index (κ1) is 33.8. The Morgan fingerprint density at radius 3 is 1.59 bits per heavy atom. The van der Waals surface area contributed by atoms with E-state index in [0.717, 1.165) is 30.1 Å². The minimum Gasteiger partial charge on any atom is -0.484 e. The summed E-state index contributed by atoms with van der Waals surface area (Å²) in [6.45, 7) is 21.1. The standard InChI is InChI=1S/C20H41.C6H9O2.Y/c1-7-18(4)12-9-14-20(6)16-10-15-19(5)13-8-11-17(2)3;1-3-4-5-8-6(2)7;/h17-20H,1,7-16H2,2-6H3;3-4H,2,5H2,1H3;/q2*-1;/b;4-3-;. The van der Waals surface area contributed by atoms with Gasteiger partial charge in [0.1, 0.15) is 6.61 Å². The number of carbonyl (C=O) groups excluding carboxylic acids is 1. The molecule has 171 valence electrons. The fourth-order valence-electron chi connectivity index (χ4n) is 3.17. The van der Waals surface area contributed by atoms with Crippen molar-refractivity contribution in [2.45, 2.75) is 106 Å². The summed E-state index contributed by atoms with van der Waals surface area (Å²) in [5, 5.41) is 0. The van der Waals surface area contributed by atoms with E-state index in [0.29, 0.717) is 6.61 Å². The van der Waals surface area contributed by atoms with E-state index in [1.807, 2.05) is 13.0 Å². The van der Waals surface area contributed by atoms with Crippen LogP contribution in [0.2, 0.25) is 0 Å². The molecule has 0 aliphatic rings. The van der Waals surface area contributed by atoms with Crippen LogP contribution in [0.5, 0.6) is 0 Å². The van der Waals surface area contributed by atoms with Crippen LogP contribution in [-0.4, -0.2) is 12.6 Å². The maximum atomic E-state index is 9.95. The van der Waals surface area contributed by atoms with Crippen molar-refractivity contribution in [2.24, 2.45) is 23.7 Å². The van der Waals surface area contributed by atoms with Crippen molar-refractivity contribution in [2.75, 3.05) is 6.61 Å². The molecule has 3 unspecified atom stereocenters. The fraction of sp³-hybridized carbons (Fsp3) is 0.808. The van der Waals surface area contributed by atoms with Crippen LogP contribution in [0.15, 0.2) is 12.2 Å². The number of ether oxygens (including phenoxy) is 1. The van der Waals surface area contributed by atoms with E-state index in [9.17, 15) is 4.79 Å². The first-order valence-corrected chi connectivity index (χ1v) is 11.6. The van der Waals surface area contributed by atoms with Crippen LogP contribution in [-0.2, 0) is 42.2 Å². The molecule has 3 heteroatoms. The van der Waals surface area contributed by atoms with Gasteiger partial charge < -0.3 is 11.7 Å². The zero-order chi connectivity index (χ0) is 21.8. The summed E-state index contributed by atoms with van der Waals surface area (Å²) >= 11 is 0. The van der Waals surface area contributed by atoms with Crippen molar-refractivity contribution < 1.29 is 42.2 Å². The predicted molar refractivity (Wildman–Crippen MR) is 125 cm³/mol. The van der Waals surface area contributed by atoms with Gasteiger partial charge in [-0.25, -0.2) is 0 Å². The summed E-state index contributed by atoms with van der Waals surface area (Å²) in [6.07, 6.45) is 17.4. The number of carbonyl (C=O) groups is 1. The van der Waals surface area contributed by atoms with E-state index in [4.69, 9.17) is 0 Å². The second-order valence-electron chi connectivity index (χ2n) is 9.04. The fourth-order valence-corrected chi connectivity index (χ4v) is 3.17. The van der Waals surface area contributed by atoms with Crippen molar-refractivity contribution in [3.8, 4) is 0 Å². The molecule has 0 aromatic heterocycles. The Bertz CT molecular complexity index is 366. The Morgan fingerprint density at radius 1 is 0.828 bits per heavy atom. The van der Waals surface area contributed by atoms with Gasteiger partial charge in [0.05, 0.1) is 0 Å².